The Labute approximate surface area is 121 Å². The Morgan fingerprint density at radius 2 is 1.60 bits per heavy atom. The van der Waals surface area contributed by atoms with Crippen molar-refractivity contribution in [2.45, 2.75) is 44.6 Å². The van der Waals surface area contributed by atoms with Gasteiger partial charge in [-0.1, -0.05) is 55.7 Å². The SMILES string of the molecule is c1ccc2c(c1)Cc1c(NC3CCCCC3)cccc1-2. The fourth-order valence-electron chi connectivity index (χ4n) is 3.76. The fraction of sp³-hybridized carbons (Fsp3) is 0.368. The van der Waals surface area contributed by atoms with E-state index in [-0.39, 0.29) is 0 Å². The minimum Gasteiger partial charge on any atom is -0.382 e. The van der Waals surface area contributed by atoms with Crippen LogP contribution in [-0.2, 0) is 6.42 Å². The van der Waals surface area contributed by atoms with E-state index < -0.39 is 0 Å². The van der Waals surface area contributed by atoms with Crippen molar-refractivity contribution in [2.75, 3.05) is 5.32 Å². The van der Waals surface area contributed by atoms with Crippen molar-refractivity contribution in [3.05, 3.63) is 53.6 Å². The molecule has 0 aromatic heterocycles. The number of hydrogen-bond donors (Lipinski definition) is 1. The summed E-state index contributed by atoms with van der Waals surface area (Å²) in [6.45, 7) is 0. The Morgan fingerprint density at radius 3 is 2.50 bits per heavy atom. The van der Waals surface area contributed by atoms with Gasteiger partial charge < -0.3 is 5.32 Å². The van der Waals surface area contributed by atoms with Crippen LogP contribution in [-0.4, -0.2) is 6.04 Å². The van der Waals surface area contributed by atoms with Crippen LogP contribution in [0.15, 0.2) is 42.5 Å². The van der Waals surface area contributed by atoms with Gasteiger partial charge in [-0.2, -0.15) is 0 Å². The molecule has 0 amide bonds. The minimum atomic E-state index is 0.680. The maximum Gasteiger partial charge on any atom is 0.0384 e. The number of hydrogen-bond acceptors (Lipinski definition) is 1. The Morgan fingerprint density at radius 1 is 0.800 bits per heavy atom. The van der Waals surface area contributed by atoms with Crippen molar-refractivity contribution in [1.29, 1.82) is 0 Å². The van der Waals surface area contributed by atoms with E-state index in [1.807, 2.05) is 0 Å². The highest BCUT2D eigenvalue weighted by Gasteiger charge is 2.22. The van der Waals surface area contributed by atoms with Crippen LogP contribution in [0, 0.1) is 0 Å². The van der Waals surface area contributed by atoms with E-state index in [1.54, 1.807) is 0 Å². The summed E-state index contributed by atoms with van der Waals surface area (Å²) < 4.78 is 0. The quantitative estimate of drug-likeness (QED) is 0.686. The molecule has 2 aromatic carbocycles. The molecule has 2 aliphatic carbocycles. The van der Waals surface area contributed by atoms with Crippen LogP contribution in [0.3, 0.4) is 0 Å². The van der Waals surface area contributed by atoms with Gasteiger partial charge in [-0.05, 0) is 41.2 Å². The average molecular weight is 263 g/mol. The van der Waals surface area contributed by atoms with Crippen molar-refractivity contribution in [1.82, 2.24) is 0 Å². The van der Waals surface area contributed by atoms with E-state index in [4.69, 9.17) is 0 Å². The van der Waals surface area contributed by atoms with E-state index in [0.29, 0.717) is 6.04 Å². The molecule has 0 heterocycles. The summed E-state index contributed by atoms with van der Waals surface area (Å²) >= 11 is 0. The second kappa shape index (κ2) is 4.97. The molecule has 102 valence electrons. The van der Waals surface area contributed by atoms with Crippen molar-refractivity contribution in [3.8, 4) is 11.1 Å². The van der Waals surface area contributed by atoms with Gasteiger partial charge in [0, 0.05) is 18.2 Å². The molecule has 2 aromatic rings. The molecular weight excluding hydrogens is 242 g/mol. The first-order valence-electron chi connectivity index (χ1n) is 7.88. The second-order valence-electron chi connectivity index (χ2n) is 6.14. The molecule has 1 heteroatoms. The van der Waals surface area contributed by atoms with Gasteiger partial charge in [0.15, 0.2) is 0 Å². The predicted octanol–water partition coefficient (Wildman–Crippen LogP) is 5.00. The normalized spacial score (nSPS) is 17.6. The molecule has 1 nitrogen and oxygen atoms in total. The summed E-state index contributed by atoms with van der Waals surface area (Å²) in [5.41, 5.74) is 7.20. The van der Waals surface area contributed by atoms with E-state index >= 15 is 0 Å². The molecule has 1 N–H and O–H groups in total. The van der Waals surface area contributed by atoms with Crippen LogP contribution in [0.4, 0.5) is 5.69 Å². The molecule has 0 aliphatic heterocycles. The van der Waals surface area contributed by atoms with E-state index in [2.05, 4.69) is 47.8 Å². The summed E-state index contributed by atoms with van der Waals surface area (Å²) in [5.74, 6) is 0. The van der Waals surface area contributed by atoms with Crippen LogP contribution in [0.25, 0.3) is 11.1 Å². The molecule has 0 atom stereocenters. The molecule has 0 unspecified atom stereocenters. The first-order chi connectivity index (χ1) is 9.92. The first kappa shape index (κ1) is 12.0. The zero-order valence-corrected chi connectivity index (χ0v) is 11.9. The summed E-state index contributed by atoms with van der Waals surface area (Å²) in [5, 5.41) is 3.82. The highest BCUT2D eigenvalue weighted by molar-refractivity contribution is 5.82. The lowest BCUT2D eigenvalue weighted by atomic mass is 9.94. The Balaban J connectivity index is 1.66. The van der Waals surface area contributed by atoms with Crippen molar-refractivity contribution >= 4 is 5.69 Å². The largest absolute Gasteiger partial charge is 0.382 e. The van der Waals surface area contributed by atoms with E-state index in [1.165, 1.54) is 60.0 Å². The number of fused-ring (bicyclic) bond motifs is 3. The third kappa shape index (κ3) is 2.02. The second-order valence-corrected chi connectivity index (χ2v) is 6.14. The summed E-state index contributed by atoms with van der Waals surface area (Å²) in [6, 6.07) is 16.2. The third-order valence-corrected chi connectivity index (χ3v) is 4.82. The van der Waals surface area contributed by atoms with Crippen LogP contribution in [0.2, 0.25) is 0 Å². The van der Waals surface area contributed by atoms with Gasteiger partial charge >= 0.3 is 0 Å². The Hall–Kier alpha value is -1.76. The van der Waals surface area contributed by atoms with Gasteiger partial charge in [-0.25, -0.2) is 0 Å². The standard InChI is InChI=1S/C19H21N/c1-2-8-15(9-3-1)20-19-12-6-11-17-16-10-5-4-7-14(16)13-18(17)19/h4-7,10-12,15,20H,1-3,8-9,13H2. The van der Waals surface area contributed by atoms with Gasteiger partial charge in [-0.3, -0.25) is 0 Å². The molecule has 0 radical (unpaired) electrons. The van der Waals surface area contributed by atoms with E-state index in [9.17, 15) is 0 Å². The highest BCUT2D eigenvalue weighted by Crippen LogP contribution is 2.40. The van der Waals surface area contributed by atoms with Crippen LogP contribution >= 0.6 is 0 Å². The molecule has 0 spiro atoms. The zero-order chi connectivity index (χ0) is 13.4. The van der Waals surface area contributed by atoms with Crippen LogP contribution < -0.4 is 5.32 Å². The molecule has 20 heavy (non-hydrogen) atoms. The predicted molar refractivity (Wildman–Crippen MR) is 85.2 cm³/mol. The number of nitrogens with one attached hydrogen (secondary N) is 1. The van der Waals surface area contributed by atoms with Gasteiger partial charge in [0.05, 0.1) is 0 Å². The van der Waals surface area contributed by atoms with Crippen molar-refractivity contribution < 1.29 is 0 Å². The lowest BCUT2D eigenvalue weighted by Gasteiger charge is -2.25. The summed E-state index contributed by atoms with van der Waals surface area (Å²) in [6.07, 6.45) is 7.92. The topological polar surface area (TPSA) is 12.0 Å². The molecule has 4 rings (SSSR count). The first-order valence-corrected chi connectivity index (χ1v) is 7.88. The Bertz CT molecular complexity index is 623. The molecule has 2 aliphatic rings. The van der Waals surface area contributed by atoms with Gasteiger partial charge in [0.1, 0.15) is 0 Å². The summed E-state index contributed by atoms with van der Waals surface area (Å²) in [7, 11) is 0. The van der Waals surface area contributed by atoms with Crippen molar-refractivity contribution in [3.63, 3.8) is 0 Å². The Kier molecular flexibility index (Phi) is 2.99. The molecule has 0 saturated heterocycles. The molecule has 1 saturated carbocycles. The fourth-order valence-corrected chi connectivity index (χ4v) is 3.76. The van der Waals surface area contributed by atoms with Crippen LogP contribution in [0.1, 0.15) is 43.2 Å². The minimum absolute atomic E-state index is 0.680. The van der Waals surface area contributed by atoms with E-state index in [0.717, 1.165) is 6.42 Å². The van der Waals surface area contributed by atoms with Crippen molar-refractivity contribution in [2.24, 2.45) is 0 Å². The van der Waals surface area contributed by atoms with Gasteiger partial charge in [0.2, 0.25) is 0 Å². The highest BCUT2D eigenvalue weighted by atomic mass is 14.9. The van der Waals surface area contributed by atoms with Gasteiger partial charge in [0.25, 0.3) is 0 Å². The third-order valence-electron chi connectivity index (χ3n) is 4.82. The smallest absolute Gasteiger partial charge is 0.0384 e. The molecule has 1 fully saturated rings. The summed E-state index contributed by atoms with van der Waals surface area (Å²) in [4.78, 5) is 0. The van der Waals surface area contributed by atoms with Crippen LogP contribution in [0.5, 0.6) is 0 Å². The average Bonchev–Trinajstić information content (AvgIpc) is 2.88. The lowest BCUT2D eigenvalue weighted by molar-refractivity contribution is 0.462. The maximum atomic E-state index is 3.82. The monoisotopic (exact) mass is 263 g/mol. The molecular formula is C19H21N. The number of benzene rings is 2. The number of anilines is 1. The number of rotatable bonds is 2. The lowest BCUT2D eigenvalue weighted by Crippen LogP contribution is -2.22. The maximum absolute atomic E-state index is 3.82. The molecule has 0 bridgehead atoms. The van der Waals surface area contributed by atoms with Gasteiger partial charge in [-0.15, -0.1) is 0 Å². The zero-order valence-electron chi connectivity index (χ0n) is 11.9.